The van der Waals surface area contributed by atoms with Crippen molar-refractivity contribution in [2.45, 2.75) is 26.7 Å². The maximum Gasteiger partial charge on any atom is 0.361 e. The zero-order chi connectivity index (χ0) is 14.8. The highest BCUT2D eigenvalue weighted by molar-refractivity contribution is 6.04. The summed E-state index contributed by atoms with van der Waals surface area (Å²) in [5.74, 6) is 0.794. The zero-order valence-electron chi connectivity index (χ0n) is 12.2. The van der Waals surface area contributed by atoms with Crippen LogP contribution in [0.4, 0.5) is 5.82 Å². The van der Waals surface area contributed by atoms with Crippen molar-refractivity contribution in [3.05, 3.63) is 12.0 Å². The van der Waals surface area contributed by atoms with E-state index in [4.69, 9.17) is 9.26 Å². The van der Waals surface area contributed by atoms with E-state index < -0.39 is 5.97 Å². The van der Waals surface area contributed by atoms with Gasteiger partial charge in [-0.3, -0.25) is 0 Å². The van der Waals surface area contributed by atoms with Gasteiger partial charge in [0.15, 0.2) is 0 Å². The van der Waals surface area contributed by atoms with E-state index in [-0.39, 0.29) is 12.3 Å². The van der Waals surface area contributed by atoms with Gasteiger partial charge in [-0.15, -0.1) is 0 Å². The first-order valence-electron chi connectivity index (χ1n) is 7.23. The number of carbonyl (C=O) groups excluding carboxylic acids is 1. The summed E-state index contributed by atoms with van der Waals surface area (Å²) in [6.07, 6.45) is 3.75. The molecule has 0 bridgehead atoms. The number of hydrogen-bond donors (Lipinski definition) is 0. The predicted molar refractivity (Wildman–Crippen MR) is 76.2 cm³/mol. The first-order chi connectivity index (χ1) is 10.2. The summed E-state index contributed by atoms with van der Waals surface area (Å²) in [4.78, 5) is 22.6. The largest absolute Gasteiger partial charge is 0.461 e. The molecule has 7 heteroatoms. The van der Waals surface area contributed by atoms with Crippen LogP contribution in [-0.2, 0) is 4.74 Å². The molecule has 3 heterocycles. The molecular formula is C14H18N4O3. The van der Waals surface area contributed by atoms with E-state index in [1.54, 1.807) is 6.92 Å². The molecule has 0 aliphatic carbocycles. The van der Waals surface area contributed by atoms with Crippen molar-refractivity contribution < 1.29 is 14.1 Å². The highest BCUT2D eigenvalue weighted by atomic mass is 16.5. The standard InChI is InChI=1S/C14H18N4O3/c1-3-20-14(19)11-10-12(15-8-16-13(10)21-17-11)18-6-4-5-9(2)7-18/h8-9H,3-7H2,1-2H3/t9-/m1/s1. The van der Waals surface area contributed by atoms with Gasteiger partial charge in [-0.1, -0.05) is 12.1 Å². The minimum atomic E-state index is -0.502. The molecule has 1 atom stereocenters. The van der Waals surface area contributed by atoms with Crippen LogP contribution in [0.1, 0.15) is 37.2 Å². The van der Waals surface area contributed by atoms with E-state index in [2.05, 4.69) is 26.9 Å². The van der Waals surface area contributed by atoms with Crippen molar-refractivity contribution in [1.82, 2.24) is 15.1 Å². The molecule has 112 valence electrons. The number of esters is 1. The van der Waals surface area contributed by atoms with Gasteiger partial charge in [-0.05, 0) is 25.7 Å². The summed E-state index contributed by atoms with van der Waals surface area (Å²) >= 11 is 0. The Hall–Kier alpha value is -2.18. The molecule has 0 saturated carbocycles. The summed E-state index contributed by atoms with van der Waals surface area (Å²) in [7, 11) is 0. The summed E-state index contributed by atoms with van der Waals surface area (Å²) in [6, 6.07) is 0. The van der Waals surface area contributed by atoms with Crippen LogP contribution in [0.3, 0.4) is 0 Å². The summed E-state index contributed by atoms with van der Waals surface area (Å²) in [5, 5.41) is 4.36. The molecule has 0 aromatic carbocycles. The van der Waals surface area contributed by atoms with Crippen LogP contribution in [0.5, 0.6) is 0 Å². The van der Waals surface area contributed by atoms with Crippen LogP contribution in [-0.4, -0.2) is 40.8 Å². The quantitative estimate of drug-likeness (QED) is 0.800. The molecule has 2 aromatic rings. The number of rotatable bonds is 3. The minimum Gasteiger partial charge on any atom is -0.461 e. The van der Waals surface area contributed by atoms with Crippen LogP contribution in [0.25, 0.3) is 11.1 Å². The number of carbonyl (C=O) groups is 1. The number of hydrogen-bond acceptors (Lipinski definition) is 7. The fraction of sp³-hybridized carbons (Fsp3) is 0.571. The molecule has 21 heavy (non-hydrogen) atoms. The maximum absolute atomic E-state index is 12.0. The van der Waals surface area contributed by atoms with Crippen LogP contribution in [0.2, 0.25) is 0 Å². The molecule has 3 rings (SSSR count). The Labute approximate surface area is 122 Å². The number of aromatic nitrogens is 3. The van der Waals surface area contributed by atoms with Crippen molar-refractivity contribution >= 4 is 22.9 Å². The van der Waals surface area contributed by atoms with Crippen LogP contribution in [0.15, 0.2) is 10.9 Å². The summed E-state index contributed by atoms with van der Waals surface area (Å²) in [6.45, 7) is 6.06. The Balaban J connectivity index is 2.05. The molecule has 1 saturated heterocycles. The number of ether oxygens (including phenoxy) is 1. The Kier molecular flexibility index (Phi) is 3.72. The van der Waals surface area contributed by atoms with Gasteiger partial charge in [-0.2, -0.15) is 4.98 Å². The number of piperidine rings is 1. The van der Waals surface area contributed by atoms with Crippen molar-refractivity contribution in [2.24, 2.45) is 5.92 Å². The molecule has 1 fully saturated rings. The zero-order valence-corrected chi connectivity index (χ0v) is 12.2. The maximum atomic E-state index is 12.0. The van der Waals surface area contributed by atoms with E-state index in [9.17, 15) is 4.79 Å². The molecule has 0 spiro atoms. The lowest BCUT2D eigenvalue weighted by Crippen LogP contribution is -2.35. The fourth-order valence-corrected chi connectivity index (χ4v) is 2.73. The summed E-state index contributed by atoms with van der Waals surface area (Å²) < 4.78 is 10.2. The molecular weight excluding hydrogens is 272 g/mol. The fourth-order valence-electron chi connectivity index (χ4n) is 2.73. The first kappa shape index (κ1) is 13.8. The SMILES string of the molecule is CCOC(=O)c1noc2ncnc(N3CCC[C@@H](C)C3)c12. The smallest absolute Gasteiger partial charge is 0.361 e. The predicted octanol–water partition coefficient (Wildman–Crippen LogP) is 2.03. The van der Waals surface area contributed by atoms with Gasteiger partial charge in [0.1, 0.15) is 17.5 Å². The third-order valence-corrected chi connectivity index (χ3v) is 3.68. The van der Waals surface area contributed by atoms with Crippen LogP contribution >= 0.6 is 0 Å². The van der Waals surface area contributed by atoms with E-state index >= 15 is 0 Å². The van der Waals surface area contributed by atoms with Crippen molar-refractivity contribution in [3.63, 3.8) is 0 Å². The average Bonchev–Trinajstić information content (AvgIpc) is 2.91. The first-order valence-corrected chi connectivity index (χ1v) is 7.23. The van der Waals surface area contributed by atoms with E-state index in [0.717, 1.165) is 19.5 Å². The number of anilines is 1. The van der Waals surface area contributed by atoms with Crippen molar-refractivity contribution in [2.75, 3.05) is 24.6 Å². The lowest BCUT2D eigenvalue weighted by atomic mass is 10.00. The third-order valence-electron chi connectivity index (χ3n) is 3.68. The van der Waals surface area contributed by atoms with Gasteiger partial charge < -0.3 is 14.2 Å². The van der Waals surface area contributed by atoms with Crippen LogP contribution < -0.4 is 4.90 Å². The Bertz CT molecular complexity index is 655. The topological polar surface area (TPSA) is 81.3 Å². The molecule has 7 nitrogen and oxygen atoms in total. The minimum absolute atomic E-state index is 0.153. The molecule has 0 radical (unpaired) electrons. The van der Waals surface area contributed by atoms with Gasteiger partial charge in [0.2, 0.25) is 5.69 Å². The second-order valence-electron chi connectivity index (χ2n) is 5.32. The van der Waals surface area contributed by atoms with E-state index in [1.165, 1.54) is 12.7 Å². The number of fused-ring (bicyclic) bond motifs is 1. The molecule has 1 aliphatic heterocycles. The monoisotopic (exact) mass is 290 g/mol. The Morgan fingerprint density at radius 1 is 1.52 bits per heavy atom. The molecule has 2 aromatic heterocycles. The third kappa shape index (κ3) is 2.55. The second kappa shape index (κ2) is 5.67. The second-order valence-corrected chi connectivity index (χ2v) is 5.32. The number of nitrogens with zero attached hydrogens (tertiary/aromatic N) is 4. The van der Waals surface area contributed by atoms with Gasteiger partial charge in [-0.25, -0.2) is 9.78 Å². The lowest BCUT2D eigenvalue weighted by molar-refractivity contribution is 0.0517. The van der Waals surface area contributed by atoms with Gasteiger partial charge in [0, 0.05) is 13.1 Å². The normalized spacial score (nSPS) is 19.0. The average molecular weight is 290 g/mol. The molecule has 1 aliphatic rings. The lowest BCUT2D eigenvalue weighted by Gasteiger charge is -2.31. The highest BCUT2D eigenvalue weighted by Gasteiger charge is 2.26. The molecule has 0 amide bonds. The van der Waals surface area contributed by atoms with Gasteiger partial charge >= 0.3 is 5.97 Å². The Morgan fingerprint density at radius 2 is 2.38 bits per heavy atom. The van der Waals surface area contributed by atoms with Crippen molar-refractivity contribution in [1.29, 1.82) is 0 Å². The molecule has 0 N–H and O–H groups in total. The highest BCUT2D eigenvalue weighted by Crippen LogP contribution is 2.29. The van der Waals surface area contributed by atoms with E-state index in [1.807, 2.05) is 0 Å². The van der Waals surface area contributed by atoms with E-state index in [0.29, 0.717) is 22.8 Å². The van der Waals surface area contributed by atoms with Crippen LogP contribution in [0, 0.1) is 5.92 Å². The molecule has 0 unspecified atom stereocenters. The van der Waals surface area contributed by atoms with Crippen molar-refractivity contribution in [3.8, 4) is 0 Å². The van der Waals surface area contributed by atoms with Gasteiger partial charge in [0.05, 0.1) is 6.61 Å². The van der Waals surface area contributed by atoms with Gasteiger partial charge in [0.25, 0.3) is 5.71 Å². The summed E-state index contributed by atoms with van der Waals surface area (Å²) in [5.41, 5.74) is 0.474. The Morgan fingerprint density at radius 3 is 3.14 bits per heavy atom.